The molecule has 6 heteroatoms. The van der Waals surface area contributed by atoms with E-state index in [1.54, 1.807) is 6.07 Å². The summed E-state index contributed by atoms with van der Waals surface area (Å²) in [4.78, 5) is 24.0. The molecule has 2 rings (SSSR count). The van der Waals surface area contributed by atoms with E-state index in [0.29, 0.717) is 18.0 Å². The number of thiophene rings is 1. The summed E-state index contributed by atoms with van der Waals surface area (Å²) >= 11 is 4.77. The molecule has 2 N–H and O–H groups in total. The first kappa shape index (κ1) is 15.7. The molecular formula is C15H15BrN2O2S. The summed E-state index contributed by atoms with van der Waals surface area (Å²) in [6.45, 7) is 0.818. The van der Waals surface area contributed by atoms with E-state index < -0.39 is 0 Å². The number of amides is 2. The lowest BCUT2D eigenvalue weighted by molar-refractivity contribution is -0.121. The Kier molecular flexibility index (Phi) is 5.95. The molecule has 21 heavy (non-hydrogen) atoms. The highest BCUT2D eigenvalue weighted by atomic mass is 79.9. The number of hydrogen-bond donors (Lipinski definition) is 2. The van der Waals surface area contributed by atoms with E-state index in [0.717, 1.165) is 10.0 Å². The lowest BCUT2D eigenvalue weighted by Crippen LogP contribution is -2.30. The molecule has 4 nitrogen and oxygen atoms in total. The van der Waals surface area contributed by atoms with E-state index in [1.165, 1.54) is 11.3 Å². The average molecular weight is 367 g/mol. The molecule has 2 amide bonds. The molecule has 0 aliphatic carbocycles. The molecule has 1 aromatic heterocycles. The van der Waals surface area contributed by atoms with E-state index in [4.69, 9.17) is 0 Å². The van der Waals surface area contributed by atoms with Gasteiger partial charge in [0.1, 0.15) is 0 Å². The molecule has 2 aromatic rings. The third kappa shape index (κ3) is 5.32. The largest absolute Gasteiger partial charge is 0.352 e. The quantitative estimate of drug-likeness (QED) is 0.825. The van der Waals surface area contributed by atoms with Gasteiger partial charge in [0.25, 0.3) is 5.91 Å². The predicted octanol–water partition coefficient (Wildman–Crippen LogP) is 2.95. The van der Waals surface area contributed by atoms with Crippen molar-refractivity contribution in [2.75, 3.05) is 6.54 Å². The van der Waals surface area contributed by atoms with Crippen LogP contribution in [-0.2, 0) is 11.3 Å². The summed E-state index contributed by atoms with van der Waals surface area (Å²) < 4.78 is 0.984. The second kappa shape index (κ2) is 7.95. The van der Waals surface area contributed by atoms with Crippen molar-refractivity contribution in [1.29, 1.82) is 0 Å². The fourth-order valence-electron chi connectivity index (χ4n) is 1.72. The van der Waals surface area contributed by atoms with Crippen LogP contribution in [0.3, 0.4) is 0 Å². The van der Waals surface area contributed by atoms with Crippen LogP contribution in [0, 0.1) is 0 Å². The van der Waals surface area contributed by atoms with Crippen LogP contribution in [0.25, 0.3) is 0 Å². The van der Waals surface area contributed by atoms with Gasteiger partial charge in [-0.15, -0.1) is 11.3 Å². The minimum absolute atomic E-state index is 0.0820. The summed E-state index contributed by atoms with van der Waals surface area (Å²) in [5.41, 5.74) is 1.03. The van der Waals surface area contributed by atoms with Gasteiger partial charge in [-0.2, -0.15) is 0 Å². The van der Waals surface area contributed by atoms with Gasteiger partial charge in [0.05, 0.1) is 4.88 Å². The lowest BCUT2D eigenvalue weighted by Gasteiger charge is -2.06. The van der Waals surface area contributed by atoms with Crippen molar-refractivity contribution in [2.45, 2.75) is 13.0 Å². The van der Waals surface area contributed by atoms with Crippen LogP contribution < -0.4 is 10.6 Å². The second-order valence-electron chi connectivity index (χ2n) is 4.39. The molecule has 1 aromatic carbocycles. The SMILES string of the molecule is O=C(CCNC(=O)c1cccs1)NCc1cccc(Br)c1. The van der Waals surface area contributed by atoms with Crippen LogP contribution in [0.4, 0.5) is 0 Å². The summed E-state index contributed by atoms with van der Waals surface area (Å²) in [5.74, 6) is -0.216. The molecule has 0 atom stereocenters. The van der Waals surface area contributed by atoms with Gasteiger partial charge >= 0.3 is 0 Å². The highest BCUT2D eigenvalue weighted by Gasteiger charge is 2.07. The molecule has 0 fully saturated rings. The Morgan fingerprint density at radius 1 is 1.14 bits per heavy atom. The molecule has 0 unspecified atom stereocenters. The highest BCUT2D eigenvalue weighted by molar-refractivity contribution is 9.10. The van der Waals surface area contributed by atoms with Crippen LogP contribution in [0.5, 0.6) is 0 Å². The van der Waals surface area contributed by atoms with Gasteiger partial charge in [-0.3, -0.25) is 9.59 Å². The van der Waals surface area contributed by atoms with E-state index >= 15 is 0 Å². The van der Waals surface area contributed by atoms with E-state index in [-0.39, 0.29) is 18.2 Å². The molecule has 110 valence electrons. The van der Waals surface area contributed by atoms with Crippen molar-refractivity contribution in [2.24, 2.45) is 0 Å². The van der Waals surface area contributed by atoms with E-state index in [2.05, 4.69) is 26.6 Å². The number of carbonyl (C=O) groups is 2. The number of nitrogens with one attached hydrogen (secondary N) is 2. The molecular weight excluding hydrogens is 352 g/mol. The Balaban J connectivity index is 1.67. The van der Waals surface area contributed by atoms with Gasteiger partial charge in [0.2, 0.25) is 5.91 Å². The van der Waals surface area contributed by atoms with Crippen molar-refractivity contribution in [1.82, 2.24) is 10.6 Å². The minimum Gasteiger partial charge on any atom is -0.352 e. The molecule has 0 bridgehead atoms. The maximum Gasteiger partial charge on any atom is 0.261 e. The van der Waals surface area contributed by atoms with Gasteiger partial charge in [0.15, 0.2) is 0 Å². The molecule has 0 saturated heterocycles. The Morgan fingerprint density at radius 2 is 2.00 bits per heavy atom. The Morgan fingerprint density at radius 3 is 2.71 bits per heavy atom. The molecule has 1 heterocycles. The fraction of sp³-hybridized carbons (Fsp3) is 0.200. The Bertz CT molecular complexity index is 614. The van der Waals surface area contributed by atoms with Crippen molar-refractivity contribution in [3.8, 4) is 0 Å². The van der Waals surface area contributed by atoms with Crippen LogP contribution in [0.2, 0.25) is 0 Å². The fourth-order valence-corrected chi connectivity index (χ4v) is 2.81. The van der Waals surface area contributed by atoms with Crippen molar-refractivity contribution >= 4 is 39.1 Å². The number of hydrogen-bond acceptors (Lipinski definition) is 3. The maximum absolute atomic E-state index is 11.7. The zero-order chi connectivity index (χ0) is 15.1. The third-order valence-electron chi connectivity index (χ3n) is 2.76. The summed E-state index contributed by atoms with van der Waals surface area (Å²) in [6.07, 6.45) is 0.269. The maximum atomic E-state index is 11.7. The normalized spacial score (nSPS) is 10.1. The summed E-state index contributed by atoms with van der Waals surface area (Å²) in [7, 11) is 0. The predicted molar refractivity (Wildman–Crippen MR) is 87.3 cm³/mol. The molecule has 0 aliphatic rings. The van der Waals surface area contributed by atoms with Crippen molar-refractivity contribution in [3.63, 3.8) is 0 Å². The van der Waals surface area contributed by atoms with Crippen molar-refractivity contribution in [3.05, 3.63) is 56.7 Å². The van der Waals surface area contributed by atoms with Gasteiger partial charge in [-0.25, -0.2) is 0 Å². The number of benzene rings is 1. The molecule has 0 spiro atoms. The highest BCUT2D eigenvalue weighted by Crippen LogP contribution is 2.11. The van der Waals surface area contributed by atoms with Gasteiger partial charge in [-0.1, -0.05) is 34.1 Å². The average Bonchev–Trinajstić information content (AvgIpc) is 2.99. The van der Waals surface area contributed by atoms with Crippen LogP contribution >= 0.6 is 27.3 Å². The first-order valence-electron chi connectivity index (χ1n) is 6.48. The van der Waals surface area contributed by atoms with E-state index in [9.17, 15) is 9.59 Å². The second-order valence-corrected chi connectivity index (χ2v) is 6.25. The number of halogens is 1. The van der Waals surface area contributed by atoms with Gasteiger partial charge in [0, 0.05) is 24.0 Å². The lowest BCUT2D eigenvalue weighted by atomic mass is 10.2. The summed E-state index contributed by atoms with van der Waals surface area (Å²) in [5, 5.41) is 7.40. The number of carbonyl (C=O) groups excluding carboxylic acids is 2. The first-order valence-corrected chi connectivity index (χ1v) is 8.15. The molecule has 0 aliphatic heterocycles. The van der Waals surface area contributed by atoms with Crippen LogP contribution in [0.15, 0.2) is 46.3 Å². The molecule has 0 radical (unpaired) electrons. The smallest absolute Gasteiger partial charge is 0.261 e. The standard InChI is InChI=1S/C15H15BrN2O2S/c16-12-4-1-3-11(9-12)10-18-14(19)6-7-17-15(20)13-5-2-8-21-13/h1-5,8-9H,6-7,10H2,(H,17,20)(H,18,19). The zero-order valence-corrected chi connectivity index (χ0v) is 13.7. The monoisotopic (exact) mass is 366 g/mol. The topological polar surface area (TPSA) is 58.2 Å². The van der Waals surface area contributed by atoms with Crippen molar-refractivity contribution < 1.29 is 9.59 Å². The van der Waals surface area contributed by atoms with Crippen LogP contribution in [0.1, 0.15) is 21.7 Å². The van der Waals surface area contributed by atoms with Gasteiger partial charge in [-0.05, 0) is 29.1 Å². The third-order valence-corrected chi connectivity index (χ3v) is 4.12. The number of rotatable bonds is 6. The van der Waals surface area contributed by atoms with E-state index in [1.807, 2.05) is 35.7 Å². The van der Waals surface area contributed by atoms with Crippen LogP contribution in [-0.4, -0.2) is 18.4 Å². The summed E-state index contributed by atoms with van der Waals surface area (Å²) in [6, 6.07) is 11.3. The minimum atomic E-state index is -0.134. The zero-order valence-electron chi connectivity index (χ0n) is 11.3. The Labute approximate surface area is 135 Å². The first-order chi connectivity index (χ1) is 10.1. The Hall–Kier alpha value is -1.66. The van der Waals surface area contributed by atoms with Gasteiger partial charge < -0.3 is 10.6 Å². The molecule has 0 saturated carbocycles.